The van der Waals surface area contributed by atoms with Crippen molar-refractivity contribution in [2.75, 3.05) is 25.2 Å². The van der Waals surface area contributed by atoms with Gasteiger partial charge in [-0.15, -0.1) is 0 Å². The molecule has 0 spiro atoms. The Morgan fingerprint density at radius 3 is 2.48 bits per heavy atom. The molecule has 0 unspecified atom stereocenters. The number of ketones is 2. The smallest absolute Gasteiger partial charge is 0.270 e. The number of nitrogens with zero attached hydrogens (tertiary/aromatic N) is 3. The Kier molecular flexibility index (Phi) is 7.50. The molecule has 1 aromatic carbocycles. The van der Waals surface area contributed by atoms with Crippen LogP contribution in [0.4, 0.5) is 4.39 Å². The molecule has 2 bridgehead atoms. The minimum Gasteiger partial charge on any atom is -0.486 e. The number of rotatable bonds is 9. The van der Waals surface area contributed by atoms with Crippen molar-refractivity contribution in [3.63, 3.8) is 0 Å². The fourth-order valence-corrected chi connectivity index (χ4v) is 7.41. The Labute approximate surface area is 252 Å². The summed E-state index contributed by atoms with van der Waals surface area (Å²) in [7, 11) is -3.41. The van der Waals surface area contributed by atoms with E-state index in [9.17, 15) is 32.0 Å². The van der Waals surface area contributed by atoms with Crippen LogP contribution >= 0.6 is 0 Å². The molecule has 1 aliphatic heterocycles. The summed E-state index contributed by atoms with van der Waals surface area (Å²) in [5.74, 6) is -2.06. The van der Waals surface area contributed by atoms with Crippen molar-refractivity contribution in [1.82, 2.24) is 25.2 Å². The molecule has 3 heterocycles. The van der Waals surface area contributed by atoms with Crippen molar-refractivity contribution in [1.29, 1.82) is 0 Å². The lowest BCUT2D eigenvalue weighted by molar-refractivity contribution is -0.135. The minimum absolute atomic E-state index is 0.0360. The summed E-state index contributed by atoms with van der Waals surface area (Å²) < 4.78 is 44.4. The number of fused-ring (bicyclic) bond motifs is 5. The second-order valence-electron chi connectivity index (χ2n) is 12.3. The maximum absolute atomic E-state index is 14.6. The van der Waals surface area contributed by atoms with Gasteiger partial charge < -0.3 is 15.4 Å². The van der Waals surface area contributed by atoms with Crippen LogP contribution in [0.1, 0.15) is 70.6 Å². The van der Waals surface area contributed by atoms with Gasteiger partial charge >= 0.3 is 0 Å². The average molecular weight is 626 g/mol. The fourth-order valence-electron chi connectivity index (χ4n) is 6.63. The standard InChI is InChI=1S/C30H32FN5O7S/c1-44(41,42)16-25(38)30-7-4-29(5-8-30,6-9-30)17-33-28(40)23-12-22(35-26-21(31)14-34-36(23)26)27(39)32-13-18-2-3-24-19(10-18)11-20(37)15-43-24/h2-3,10,12,14H,4-9,11,13,15-17H2,1H3,(H,32,39)(H,33,40). The molecular weight excluding hydrogens is 593 g/mol. The maximum atomic E-state index is 14.6. The number of Topliss-reactive ketones (excluding diaryl/α,β-unsaturated/α-hetero) is 2. The molecule has 2 amide bonds. The highest BCUT2D eigenvalue weighted by molar-refractivity contribution is 7.91. The number of hydrogen-bond acceptors (Lipinski definition) is 9. The first kappa shape index (κ1) is 29.9. The number of halogens is 1. The first-order valence-corrected chi connectivity index (χ1v) is 16.5. The van der Waals surface area contributed by atoms with Gasteiger partial charge in [-0.1, -0.05) is 6.07 Å². The number of carbonyl (C=O) groups is 4. The lowest BCUT2D eigenvalue weighted by Crippen LogP contribution is -2.51. The number of carbonyl (C=O) groups excluding carboxylic acids is 4. The van der Waals surface area contributed by atoms with E-state index in [0.29, 0.717) is 50.8 Å². The molecule has 7 rings (SSSR count). The third-order valence-corrected chi connectivity index (χ3v) is 10.0. The van der Waals surface area contributed by atoms with Gasteiger partial charge in [0.25, 0.3) is 11.8 Å². The Hall–Kier alpha value is -4.20. The van der Waals surface area contributed by atoms with Crippen molar-refractivity contribution < 1.29 is 36.7 Å². The summed E-state index contributed by atoms with van der Waals surface area (Å²) in [5, 5.41) is 9.59. The van der Waals surface area contributed by atoms with Crippen LogP contribution in [-0.2, 0) is 32.4 Å². The van der Waals surface area contributed by atoms with E-state index in [2.05, 4.69) is 20.7 Å². The number of nitrogens with one attached hydrogen (secondary N) is 2. The molecule has 0 saturated heterocycles. The molecule has 14 heteroatoms. The summed E-state index contributed by atoms with van der Waals surface area (Å²) in [4.78, 5) is 55.1. The van der Waals surface area contributed by atoms with Gasteiger partial charge in [-0.25, -0.2) is 22.3 Å². The first-order chi connectivity index (χ1) is 20.9. The van der Waals surface area contributed by atoms with Crippen LogP contribution in [-0.4, -0.2) is 71.6 Å². The van der Waals surface area contributed by atoms with Crippen LogP contribution in [0.5, 0.6) is 5.75 Å². The quantitative estimate of drug-likeness (QED) is 0.362. The fraction of sp³-hybridized carbons (Fsp3) is 0.467. The Morgan fingerprint density at radius 2 is 1.77 bits per heavy atom. The third kappa shape index (κ3) is 5.82. The minimum atomic E-state index is -3.41. The SMILES string of the molecule is CS(=O)(=O)CC(=O)C12CCC(CNC(=O)c3cc(C(=O)NCc4ccc5c(c4)CC(=O)CO5)nc4c(F)cnn34)(CC1)CC2. The van der Waals surface area contributed by atoms with Crippen LogP contribution in [0.15, 0.2) is 30.5 Å². The van der Waals surface area contributed by atoms with Crippen LogP contribution in [0.3, 0.4) is 0 Å². The number of hydrogen-bond donors (Lipinski definition) is 2. The van der Waals surface area contributed by atoms with Gasteiger partial charge in [-0.2, -0.15) is 5.10 Å². The van der Waals surface area contributed by atoms with Crippen molar-refractivity contribution in [3.05, 3.63) is 58.8 Å². The van der Waals surface area contributed by atoms with Crippen LogP contribution < -0.4 is 15.4 Å². The van der Waals surface area contributed by atoms with Crippen molar-refractivity contribution in [3.8, 4) is 5.75 Å². The maximum Gasteiger partial charge on any atom is 0.270 e. The molecule has 0 atom stereocenters. The highest BCUT2D eigenvalue weighted by atomic mass is 32.2. The van der Waals surface area contributed by atoms with E-state index in [1.165, 1.54) is 6.07 Å². The molecule has 2 aromatic heterocycles. The van der Waals surface area contributed by atoms with Gasteiger partial charge in [0.1, 0.15) is 29.5 Å². The lowest BCUT2D eigenvalue weighted by Gasteiger charge is -2.52. The first-order valence-electron chi connectivity index (χ1n) is 14.4. The number of ether oxygens (including phenoxy) is 1. The Morgan fingerprint density at radius 1 is 1.05 bits per heavy atom. The molecule has 3 fully saturated rings. The highest BCUT2D eigenvalue weighted by Gasteiger charge is 2.52. The van der Waals surface area contributed by atoms with Gasteiger partial charge in [0.05, 0.1) is 6.20 Å². The molecule has 232 valence electrons. The molecule has 2 N–H and O–H groups in total. The molecular formula is C30H32FN5O7S. The van der Waals surface area contributed by atoms with E-state index in [1.54, 1.807) is 18.2 Å². The van der Waals surface area contributed by atoms with Gasteiger partial charge in [0.2, 0.25) is 0 Å². The molecule has 0 radical (unpaired) electrons. The van der Waals surface area contributed by atoms with E-state index in [-0.39, 0.29) is 53.6 Å². The molecule has 3 aliphatic carbocycles. The summed E-state index contributed by atoms with van der Waals surface area (Å²) >= 11 is 0. The van der Waals surface area contributed by atoms with Crippen molar-refractivity contribution in [2.45, 2.75) is 51.5 Å². The molecule has 3 aromatic rings. The highest BCUT2D eigenvalue weighted by Crippen LogP contribution is 2.57. The molecule has 44 heavy (non-hydrogen) atoms. The molecule has 12 nitrogen and oxygen atoms in total. The number of aromatic nitrogens is 3. The van der Waals surface area contributed by atoms with Gasteiger partial charge in [0, 0.05) is 42.8 Å². The zero-order valence-corrected chi connectivity index (χ0v) is 25.0. The molecule has 3 saturated carbocycles. The van der Waals surface area contributed by atoms with Crippen molar-refractivity contribution >= 4 is 38.9 Å². The largest absolute Gasteiger partial charge is 0.486 e. The van der Waals surface area contributed by atoms with E-state index < -0.39 is 38.6 Å². The van der Waals surface area contributed by atoms with E-state index in [4.69, 9.17) is 4.74 Å². The molecule has 4 aliphatic rings. The lowest BCUT2D eigenvalue weighted by atomic mass is 9.52. The summed E-state index contributed by atoms with van der Waals surface area (Å²) in [6, 6.07) is 6.55. The zero-order chi connectivity index (χ0) is 31.3. The number of amides is 2. The van der Waals surface area contributed by atoms with E-state index in [1.807, 2.05) is 0 Å². The summed E-state index contributed by atoms with van der Waals surface area (Å²) in [5.41, 5.74) is 0.103. The Bertz CT molecular complexity index is 1790. The topological polar surface area (TPSA) is 166 Å². The van der Waals surface area contributed by atoms with E-state index >= 15 is 0 Å². The summed E-state index contributed by atoms with van der Waals surface area (Å²) in [6.45, 7) is 0.448. The van der Waals surface area contributed by atoms with Gasteiger partial charge in [-0.3, -0.25) is 19.2 Å². The monoisotopic (exact) mass is 625 g/mol. The predicted octanol–water partition coefficient (Wildman–Crippen LogP) is 1.99. The second-order valence-corrected chi connectivity index (χ2v) is 14.5. The van der Waals surface area contributed by atoms with Gasteiger partial charge in [-0.05, 0) is 61.6 Å². The Balaban J connectivity index is 1.13. The second kappa shape index (κ2) is 11.1. The van der Waals surface area contributed by atoms with Gasteiger partial charge in [0.15, 0.2) is 32.9 Å². The third-order valence-electron chi connectivity index (χ3n) is 9.26. The van der Waals surface area contributed by atoms with Crippen LogP contribution in [0, 0.1) is 16.6 Å². The number of sulfone groups is 1. The zero-order valence-electron chi connectivity index (χ0n) is 24.2. The van der Waals surface area contributed by atoms with Crippen LogP contribution in [0.2, 0.25) is 0 Å². The van der Waals surface area contributed by atoms with E-state index in [0.717, 1.165) is 28.1 Å². The predicted molar refractivity (Wildman–Crippen MR) is 154 cm³/mol. The average Bonchev–Trinajstić information content (AvgIpc) is 3.38. The van der Waals surface area contributed by atoms with Crippen molar-refractivity contribution in [2.24, 2.45) is 10.8 Å². The normalized spacial score (nSPS) is 22.7. The van der Waals surface area contributed by atoms with Crippen LogP contribution in [0.25, 0.3) is 5.65 Å². The number of benzene rings is 1. The summed E-state index contributed by atoms with van der Waals surface area (Å²) in [6.07, 6.45) is 5.95.